The van der Waals surface area contributed by atoms with Crippen LogP contribution in [0.3, 0.4) is 0 Å². The lowest BCUT2D eigenvalue weighted by Gasteiger charge is -2.33. The molecule has 4 aromatic rings. The summed E-state index contributed by atoms with van der Waals surface area (Å²) in [4.78, 5) is 35.0. The molecule has 1 aromatic carbocycles. The van der Waals surface area contributed by atoms with E-state index < -0.39 is 6.03 Å². The SMILES string of the molecule is CCn1nc(C(C)(C)C)cc1N(OC=O)C(=O)N[C@H]1CC[C@@H](Oc2ccc3nnc(N4CCC(CN(C)C)CC4)n3c2)c2ccccc21. The summed E-state index contributed by atoms with van der Waals surface area (Å²) in [6.07, 6.45) is 5.31. The Morgan fingerprint density at radius 2 is 1.79 bits per heavy atom. The molecular formula is C35H47N9O4. The van der Waals surface area contributed by atoms with Crippen molar-refractivity contribution >= 4 is 29.9 Å². The number of nitrogens with one attached hydrogen (secondary N) is 1. The number of hydrogen-bond donors (Lipinski definition) is 1. The minimum absolute atomic E-state index is 0.216. The Bertz CT molecular complexity index is 1740. The van der Waals surface area contributed by atoms with E-state index in [9.17, 15) is 9.59 Å². The van der Waals surface area contributed by atoms with Crippen molar-refractivity contribution in [2.45, 2.75) is 77.5 Å². The van der Waals surface area contributed by atoms with Gasteiger partial charge in [0.05, 0.1) is 17.9 Å². The lowest BCUT2D eigenvalue weighted by Crippen LogP contribution is -2.43. The molecule has 2 aliphatic rings. The molecule has 13 heteroatoms. The van der Waals surface area contributed by atoms with Crippen LogP contribution in [0.25, 0.3) is 5.65 Å². The summed E-state index contributed by atoms with van der Waals surface area (Å²) in [5.74, 6) is 2.64. The number of benzene rings is 1. The van der Waals surface area contributed by atoms with Crippen molar-refractivity contribution in [1.29, 1.82) is 0 Å². The first kappa shape index (κ1) is 33.3. The molecule has 1 N–H and O–H groups in total. The highest BCUT2D eigenvalue weighted by molar-refractivity contribution is 5.90. The van der Waals surface area contributed by atoms with Crippen LogP contribution in [0.5, 0.6) is 5.75 Å². The summed E-state index contributed by atoms with van der Waals surface area (Å²) in [6.45, 7) is 11.8. The highest BCUT2D eigenvalue weighted by Crippen LogP contribution is 2.39. The second kappa shape index (κ2) is 13.8. The van der Waals surface area contributed by atoms with Gasteiger partial charge in [0, 0.05) is 37.7 Å². The zero-order valence-electron chi connectivity index (χ0n) is 28.8. The quantitative estimate of drug-likeness (QED) is 0.179. The Morgan fingerprint density at radius 1 is 1.04 bits per heavy atom. The second-order valence-corrected chi connectivity index (χ2v) is 14.1. The third kappa shape index (κ3) is 6.96. The predicted octanol–water partition coefficient (Wildman–Crippen LogP) is 5.28. The average molecular weight is 658 g/mol. The number of hydrogen-bond acceptors (Lipinski definition) is 9. The Hall–Kier alpha value is -4.65. The van der Waals surface area contributed by atoms with E-state index in [1.165, 1.54) is 0 Å². The summed E-state index contributed by atoms with van der Waals surface area (Å²) >= 11 is 0. The number of fused-ring (bicyclic) bond motifs is 2. The van der Waals surface area contributed by atoms with Crippen molar-refractivity contribution in [2.75, 3.05) is 43.7 Å². The maximum atomic E-state index is 13.7. The molecule has 13 nitrogen and oxygen atoms in total. The fourth-order valence-electron chi connectivity index (χ4n) is 6.79. The molecule has 2 atom stereocenters. The van der Waals surface area contributed by atoms with Gasteiger partial charge in [0.2, 0.25) is 5.95 Å². The highest BCUT2D eigenvalue weighted by Gasteiger charge is 2.33. The number of amides is 2. The van der Waals surface area contributed by atoms with Gasteiger partial charge in [-0.15, -0.1) is 15.3 Å². The van der Waals surface area contributed by atoms with Gasteiger partial charge >= 0.3 is 12.5 Å². The minimum atomic E-state index is -0.548. The largest absolute Gasteiger partial charge is 0.484 e. The van der Waals surface area contributed by atoms with Crippen molar-refractivity contribution in [2.24, 2.45) is 5.92 Å². The number of nitrogens with zero attached hydrogens (tertiary/aromatic N) is 8. The van der Waals surface area contributed by atoms with Gasteiger partial charge in [-0.3, -0.25) is 9.20 Å². The summed E-state index contributed by atoms with van der Waals surface area (Å²) in [5, 5.41) is 17.7. The smallest absolute Gasteiger partial charge is 0.357 e. The molecule has 3 aromatic heterocycles. The molecule has 0 bridgehead atoms. The van der Waals surface area contributed by atoms with E-state index >= 15 is 0 Å². The molecular weight excluding hydrogens is 610 g/mol. The van der Waals surface area contributed by atoms with Crippen molar-refractivity contribution in [3.8, 4) is 5.75 Å². The van der Waals surface area contributed by atoms with E-state index in [0.29, 0.717) is 31.1 Å². The van der Waals surface area contributed by atoms with E-state index in [4.69, 9.17) is 9.57 Å². The predicted molar refractivity (Wildman–Crippen MR) is 183 cm³/mol. The first-order valence-electron chi connectivity index (χ1n) is 16.8. The van der Waals surface area contributed by atoms with E-state index in [2.05, 4.69) is 44.5 Å². The number of urea groups is 1. The maximum absolute atomic E-state index is 13.7. The molecule has 1 aliphatic heterocycles. The molecule has 1 fully saturated rings. The third-order valence-corrected chi connectivity index (χ3v) is 9.26. The summed E-state index contributed by atoms with van der Waals surface area (Å²) in [5.41, 5.74) is 3.27. The standard InChI is InChI=1S/C35H47N9O4/c1-7-43-32(20-30(39-43)35(2,3)4)44(47-23-45)34(46)36-28-13-14-29(27-11-9-8-10-26(27)28)48-25-12-15-31-37-38-33(42(31)22-25)41-18-16-24(17-19-41)21-40(5)6/h8-12,15,20,22-24,28-29H,7,13-14,16-19,21H2,1-6H3,(H,36,46)/t28-,29+/m0/s1. The van der Waals surface area contributed by atoms with Crippen LogP contribution in [0.1, 0.15) is 82.3 Å². The average Bonchev–Trinajstić information content (AvgIpc) is 3.69. The number of aromatic nitrogens is 5. The Labute approximate surface area is 281 Å². The summed E-state index contributed by atoms with van der Waals surface area (Å²) in [6, 6.07) is 12.8. The monoisotopic (exact) mass is 657 g/mol. The Morgan fingerprint density at radius 3 is 2.48 bits per heavy atom. The Balaban J connectivity index is 1.18. The lowest BCUT2D eigenvalue weighted by molar-refractivity contribution is -0.129. The van der Waals surface area contributed by atoms with Gasteiger partial charge in [-0.05, 0) is 75.9 Å². The lowest BCUT2D eigenvalue weighted by atomic mass is 9.85. The number of piperidine rings is 1. The molecule has 48 heavy (non-hydrogen) atoms. The van der Waals surface area contributed by atoms with Crippen molar-refractivity contribution < 1.29 is 19.2 Å². The second-order valence-electron chi connectivity index (χ2n) is 14.1. The number of pyridine rings is 1. The van der Waals surface area contributed by atoms with Crippen LogP contribution >= 0.6 is 0 Å². The molecule has 2 amide bonds. The first-order valence-corrected chi connectivity index (χ1v) is 16.8. The topological polar surface area (TPSA) is 122 Å². The third-order valence-electron chi connectivity index (χ3n) is 9.26. The molecule has 1 saturated heterocycles. The van der Waals surface area contributed by atoms with Crippen LogP contribution in [-0.4, -0.2) is 75.5 Å². The number of rotatable bonds is 10. The van der Waals surface area contributed by atoms with Crippen LogP contribution in [-0.2, 0) is 21.6 Å². The zero-order valence-corrected chi connectivity index (χ0v) is 28.8. The molecule has 1 aliphatic carbocycles. The van der Waals surface area contributed by atoms with Gasteiger partial charge in [0.15, 0.2) is 11.5 Å². The van der Waals surface area contributed by atoms with E-state index in [1.54, 1.807) is 10.7 Å². The van der Waals surface area contributed by atoms with E-state index in [1.807, 2.05) is 74.7 Å². The van der Waals surface area contributed by atoms with Gasteiger partial charge in [0.25, 0.3) is 0 Å². The number of ether oxygens (including phenoxy) is 1. The van der Waals surface area contributed by atoms with Crippen molar-refractivity contribution in [1.82, 2.24) is 34.6 Å². The van der Waals surface area contributed by atoms with Gasteiger partial charge in [-0.2, -0.15) is 5.10 Å². The van der Waals surface area contributed by atoms with Crippen molar-refractivity contribution in [3.05, 3.63) is 65.5 Å². The molecule has 0 unspecified atom stereocenters. The van der Waals surface area contributed by atoms with Gasteiger partial charge in [0.1, 0.15) is 11.9 Å². The number of carbonyl (C=O) groups is 2. The fraction of sp³-hybridized carbons (Fsp3) is 0.514. The van der Waals surface area contributed by atoms with Crippen LogP contribution < -0.4 is 20.0 Å². The number of anilines is 2. The minimum Gasteiger partial charge on any atom is -0.484 e. The number of hydroxylamine groups is 1. The van der Waals surface area contributed by atoms with Crippen molar-refractivity contribution in [3.63, 3.8) is 0 Å². The first-order chi connectivity index (χ1) is 23.0. The normalized spacial score (nSPS) is 18.5. The molecule has 0 spiro atoms. The molecule has 6 rings (SSSR count). The van der Waals surface area contributed by atoms with Gasteiger partial charge < -0.3 is 24.7 Å². The highest BCUT2D eigenvalue weighted by atomic mass is 16.7. The van der Waals surface area contributed by atoms with E-state index in [-0.39, 0.29) is 24.0 Å². The molecule has 0 radical (unpaired) electrons. The molecule has 0 saturated carbocycles. The van der Waals surface area contributed by atoms with Crippen LogP contribution in [0.4, 0.5) is 16.6 Å². The van der Waals surface area contributed by atoms with Gasteiger partial charge in [-0.1, -0.05) is 45.0 Å². The maximum Gasteiger partial charge on any atom is 0.357 e. The molecule has 256 valence electrons. The number of carbonyl (C=O) groups excluding carboxylic acids is 2. The fourth-order valence-corrected chi connectivity index (χ4v) is 6.79. The van der Waals surface area contributed by atoms with E-state index in [0.717, 1.165) is 71.7 Å². The summed E-state index contributed by atoms with van der Waals surface area (Å²) in [7, 11) is 4.26. The zero-order chi connectivity index (χ0) is 34.0. The van der Waals surface area contributed by atoms with Crippen LogP contribution in [0.15, 0.2) is 48.7 Å². The number of aryl methyl sites for hydroxylation is 1. The van der Waals surface area contributed by atoms with Crippen LogP contribution in [0.2, 0.25) is 0 Å². The van der Waals surface area contributed by atoms with Crippen LogP contribution in [0, 0.1) is 5.92 Å². The molecule has 4 heterocycles. The summed E-state index contributed by atoms with van der Waals surface area (Å²) < 4.78 is 10.3. The Kier molecular flexibility index (Phi) is 9.58. The van der Waals surface area contributed by atoms with Gasteiger partial charge in [-0.25, -0.2) is 9.48 Å².